The lowest BCUT2D eigenvalue weighted by Crippen LogP contribution is -2.07. The first-order chi connectivity index (χ1) is 12.0. The van der Waals surface area contributed by atoms with E-state index in [1.807, 2.05) is 47.3 Å². The molecule has 1 heterocycles. The van der Waals surface area contributed by atoms with Crippen LogP contribution in [0.5, 0.6) is 0 Å². The molecule has 0 fully saturated rings. The van der Waals surface area contributed by atoms with Crippen LogP contribution >= 0.6 is 0 Å². The first-order valence-electron chi connectivity index (χ1n) is 7.51. The number of rotatable bonds is 3. The minimum atomic E-state index is -4.47. The van der Waals surface area contributed by atoms with Crippen molar-refractivity contribution in [3.63, 3.8) is 0 Å². The Hall–Kier alpha value is -3.26. The summed E-state index contributed by atoms with van der Waals surface area (Å²) in [6.45, 7) is 0. The fraction of sp³-hybridized carbons (Fsp3) is 0.0500. The molecule has 0 aliphatic carbocycles. The second kappa shape index (κ2) is 6.70. The van der Waals surface area contributed by atoms with Crippen molar-refractivity contribution in [3.05, 3.63) is 89.7 Å². The van der Waals surface area contributed by atoms with E-state index in [0.29, 0.717) is 5.56 Å². The van der Waals surface area contributed by atoms with Gasteiger partial charge in [-0.2, -0.15) is 18.4 Å². The lowest BCUT2D eigenvalue weighted by atomic mass is 10.0. The molecule has 124 valence electrons. The maximum absolute atomic E-state index is 13.1. The topological polar surface area (TPSA) is 28.7 Å². The lowest BCUT2D eigenvalue weighted by Gasteiger charge is -2.10. The Labute approximate surface area is 143 Å². The number of nitriles is 1. The second-order valence-electron chi connectivity index (χ2n) is 5.39. The van der Waals surface area contributed by atoms with Crippen LogP contribution in [0, 0.1) is 11.3 Å². The molecule has 0 radical (unpaired) electrons. The molecule has 0 N–H and O–H groups in total. The minimum absolute atomic E-state index is 0.0268. The number of halogens is 3. The van der Waals surface area contributed by atoms with E-state index in [1.54, 1.807) is 12.1 Å². The highest BCUT2D eigenvalue weighted by Crippen LogP contribution is 2.33. The summed E-state index contributed by atoms with van der Waals surface area (Å²) in [7, 11) is 0. The largest absolute Gasteiger partial charge is 0.416 e. The van der Waals surface area contributed by atoms with Gasteiger partial charge in [0.25, 0.3) is 0 Å². The van der Waals surface area contributed by atoms with E-state index in [9.17, 15) is 18.4 Å². The Balaban J connectivity index is 1.99. The maximum Gasteiger partial charge on any atom is 0.416 e. The van der Waals surface area contributed by atoms with Crippen molar-refractivity contribution < 1.29 is 13.2 Å². The van der Waals surface area contributed by atoms with E-state index in [-0.39, 0.29) is 11.1 Å². The Morgan fingerprint density at radius 1 is 0.920 bits per heavy atom. The van der Waals surface area contributed by atoms with Crippen LogP contribution in [0.3, 0.4) is 0 Å². The molecule has 2 nitrogen and oxygen atoms in total. The van der Waals surface area contributed by atoms with Gasteiger partial charge < -0.3 is 4.57 Å². The third-order valence-corrected chi connectivity index (χ3v) is 3.77. The summed E-state index contributed by atoms with van der Waals surface area (Å²) in [4.78, 5) is 0. The molecule has 0 aliphatic heterocycles. The molecule has 3 rings (SSSR count). The second-order valence-corrected chi connectivity index (χ2v) is 5.39. The van der Waals surface area contributed by atoms with E-state index in [1.165, 1.54) is 24.3 Å². The van der Waals surface area contributed by atoms with Gasteiger partial charge in [0.1, 0.15) is 0 Å². The third-order valence-electron chi connectivity index (χ3n) is 3.77. The van der Waals surface area contributed by atoms with E-state index in [4.69, 9.17) is 0 Å². The average molecular weight is 338 g/mol. The third kappa shape index (κ3) is 3.64. The van der Waals surface area contributed by atoms with Crippen molar-refractivity contribution in [2.45, 2.75) is 6.18 Å². The van der Waals surface area contributed by atoms with Crippen LogP contribution in [0.1, 0.15) is 16.7 Å². The molecule has 1 aromatic heterocycles. The average Bonchev–Trinajstić information content (AvgIpc) is 3.14. The summed E-state index contributed by atoms with van der Waals surface area (Å²) in [6, 6.07) is 18.1. The Kier molecular flexibility index (Phi) is 4.44. The molecule has 25 heavy (non-hydrogen) atoms. The van der Waals surface area contributed by atoms with Crippen LogP contribution in [0.15, 0.2) is 73.1 Å². The Morgan fingerprint density at radius 3 is 2.16 bits per heavy atom. The molecule has 0 saturated heterocycles. The lowest BCUT2D eigenvalue weighted by molar-refractivity contribution is -0.137. The smallest absolute Gasteiger partial charge is 0.324 e. The SMILES string of the molecule is N#C/C(=C\c1ccccc1C(F)(F)F)c1ccc(-n2cccc2)cc1. The van der Waals surface area contributed by atoms with Gasteiger partial charge in [0, 0.05) is 18.1 Å². The quantitative estimate of drug-likeness (QED) is 0.454. The molecule has 0 bridgehead atoms. The number of aromatic nitrogens is 1. The zero-order valence-electron chi connectivity index (χ0n) is 13.0. The number of hydrogen-bond acceptors (Lipinski definition) is 1. The van der Waals surface area contributed by atoms with Gasteiger partial charge >= 0.3 is 6.18 Å². The van der Waals surface area contributed by atoms with Gasteiger partial charge in [0.05, 0.1) is 17.2 Å². The van der Waals surface area contributed by atoms with Crippen LogP contribution in [0.25, 0.3) is 17.3 Å². The van der Waals surface area contributed by atoms with Gasteiger partial charge in [-0.1, -0.05) is 30.3 Å². The molecule has 0 atom stereocenters. The van der Waals surface area contributed by atoms with Gasteiger partial charge in [-0.05, 0) is 47.5 Å². The molecule has 0 saturated carbocycles. The highest BCUT2D eigenvalue weighted by Gasteiger charge is 2.32. The molecule has 0 unspecified atom stereocenters. The van der Waals surface area contributed by atoms with Gasteiger partial charge in [0.2, 0.25) is 0 Å². The van der Waals surface area contributed by atoms with Crippen molar-refractivity contribution in [2.75, 3.05) is 0 Å². The van der Waals surface area contributed by atoms with Crippen molar-refractivity contribution in [2.24, 2.45) is 0 Å². The van der Waals surface area contributed by atoms with Crippen LogP contribution in [0.2, 0.25) is 0 Å². The zero-order valence-corrected chi connectivity index (χ0v) is 13.0. The monoisotopic (exact) mass is 338 g/mol. The molecular formula is C20H13F3N2. The number of alkyl halides is 3. The van der Waals surface area contributed by atoms with Crippen molar-refractivity contribution >= 4 is 11.6 Å². The van der Waals surface area contributed by atoms with Crippen molar-refractivity contribution in [1.82, 2.24) is 4.57 Å². The van der Waals surface area contributed by atoms with Crippen LogP contribution in [-0.2, 0) is 6.18 Å². The van der Waals surface area contributed by atoms with Crippen LogP contribution in [-0.4, -0.2) is 4.57 Å². The first-order valence-corrected chi connectivity index (χ1v) is 7.51. The van der Waals surface area contributed by atoms with Gasteiger partial charge in [0.15, 0.2) is 0 Å². The summed E-state index contributed by atoms with van der Waals surface area (Å²) in [5.74, 6) is 0. The highest BCUT2D eigenvalue weighted by molar-refractivity contribution is 5.90. The van der Waals surface area contributed by atoms with E-state index < -0.39 is 11.7 Å². The fourth-order valence-corrected chi connectivity index (χ4v) is 2.54. The normalized spacial score (nSPS) is 12.0. The number of benzene rings is 2. The first kappa shape index (κ1) is 16.6. The van der Waals surface area contributed by atoms with Crippen molar-refractivity contribution in [3.8, 4) is 11.8 Å². The van der Waals surface area contributed by atoms with E-state index in [2.05, 4.69) is 0 Å². The van der Waals surface area contributed by atoms with Crippen LogP contribution in [0.4, 0.5) is 13.2 Å². The molecule has 3 aromatic rings. The van der Waals surface area contributed by atoms with E-state index in [0.717, 1.165) is 11.8 Å². The molecule has 0 spiro atoms. The molecule has 5 heteroatoms. The summed E-state index contributed by atoms with van der Waals surface area (Å²) in [6.07, 6.45) is 0.574. The highest BCUT2D eigenvalue weighted by atomic mass is 19.4. The van der Waals surface area contributed by atoms with Crippen LogP contribution < -0.4 is 0 Å². The molecule has 0 aliphatic rings. The Morgan fingerprint density at radius 2 is 1.56 bits per heavy atom. The number of hydrogen-bond donors (Lipinski definition) is 0. The number of allylic oxidation sites excluding steroid dienone is 1. The van der Waals surface area contributed by atoms with Crippen molar-refractivity contribution in [1.29, 1.82) is 5.26 Å². The summed E-state index contributed by atoms with van der Waals surface area (Å²) in [5, 5.41) is 9.38. The fourth-order valence-electron chi connectivity index (χ4n) is 2.54. The van der Waals surface area contributed by atoms with Gasteiger partial charge in [-0.25, -0.2) is 0 Å². The summed E-state index contributed by atoms with van der Waals surface area (Å²) >= 11 is 0. The summed E-state index contributed by atoms with van der Waals surface area (Å²) < 4.78 is 41.2. The maximum atomic E-state index is 13.1. The predicted octanol–water partition coefficient (Wildman–Crippen LogP) is 5.56. The van der Waals surface area contributed by atoms with E-state index >= 15 is 0 Å². The number of nitrogens with zero attached hydrogens (tertiary/aromatic N) is 2. The minimum Gasteiger partial charge on any atom is -0.324 e. The molecule has 2 aromatic carbocycles. The molecular weight excluding hydrogens is 325 g/mol. The predicted molar refractivity (Wildman–Crippen MR) is 90.7 cm³/mol. The summed E-state index contributed by atoms with van der Waals surface area (Å²) in [5.41, 5.74) is 0.862. The van der Waals surface area contributed by atoms with Gasteiger partial charge in [-0.15, -0.1) is 0 Å². The molecule has 0 amide bonds. The Bertz CT molecular complexity index is 928. The zero-order chi connectivity index (χ0) is 17.9. The standard InChI is InChI=1S/C20H13F3N2/c21-20(22,23)19-6-2-1-5-16(19)13-17(14-24)15-7-9-18(10-8-15)25-11-3-4-12-25/h1-13H/b17-13+. The van der Waals surface area contributed by atoms with Gasteiger partial charge in [-0.3, -0.25) is 0 Å².